The summed E-state index contributed by atoms with van der Waals surface area (Å²) in [6, 6.07) is 6.81. The van der Waals surface area contributed by atoms with Crippen LogP contribution in [0, 0.1) is 23.7 Å². The first kappa shape index (κ1) is 19.3. The molecule has 4 unspecified atom stereocenters. The van der Waals surface area contributed by atoms with Crippen LogP contribution in [0.15, 0.2) is 42.6 Å². The Morgan fingerprint density at radius 2 is 1.80 bits per heavy atom. The number of anilines is 1. The third kappa shape index (κ3) is 3.13. The summed E-state index contributed by atoms with van der Waals surface area (Å²) in [5.74, 6) is -0.842. The average molecular weight is 445 g/mol. The second-order valence-electron chi connectivity index (χ2n) is 7.92. The number of benzene rings is 1. The molecule has 3 aliphatic rings. The number of nitrogens with one attached hydrogen (secondary N) is 1. The number of allylic oxidation sites excluding steroid dienone is 2. The fourth-order valence-corrected chi connectivity index (χ4v) is 5.29. The van der Waals surface area contributed by atoms with E-state index in [4.69, 9.17) is 23.2 Å². The predicted octanol–water partition coefficient (Wildman–Crippen LogP) is 2.98. The third-order valence-electron chi connectivity index (χ3n) is 6.18. The molecule has 1 saturated carbocycles. The summed E-state index contributed by atoms with van der Waals surface area (Å²) >= 11 is 12.2. The Hall–Kier alpha value is -2.64. The molecule has 1 aromatic carbocycles. The molecule has 2 bridgehead atoms. The van der Waals surface area contributed by atoms with Gasteiger partial charge in [0, 0.05) is 16.1 Å². The minimum atomic E-state index is -0.444. The number of hydrogen-bond acceptors (Lipinski definition) is 4. The van der Waals surface area contributed by atoms with Gasteiger partial charge in [0.05, 0.1) is 24.6 Å². The molecule has 4 atom stereocenters. The Balaban J connectivity index is 1.27. The molecule has 1 saturated heterocycles. The van der Waals surface area contributed by atoms with Crippen LogP contribution in [0.2, 0.25) is 10.0 Å². The van der Waals surface area contributed by atoms with Crippen molar-refractivity contribution >= 4 is 46.7 Å². The van der Waals surface area contributed by atoms with E-state index in [9.17, 15) is 14.4 Å². The first-order chi connectivity index (χ1) is 14.4. The molecule has 2 fully saturated rings. The number of aromatic nitrogens is 2. The Labute approximate surface area is 182 Å². The van der Waals surface area contributed by atoms with Crippen molar-refractivity contribution in [1.29, 1.82) is 0 Å². The number of amides is 3. The zero-order valence-corrected chi connectivity index (χ0v) is 17.3. The van der Waals surface area contributed by atoms with Crippen molar-refractivity contribution in [3.05, 3.63) is 58.2 Å². The van der Waals surface area contributed by atoms with Gasteiger partial charge in [0.15, 0.2) is 0 Å². The van der Waals surface area contributed by atoms with E-state index in [1.165, 1.54) is 0 Å². The maximum Gasteiger partial charge on any atom is 0.245 e. The van der Waals surface area contributed by atoms with Gasteiger partial charge >= 0.3 is 0 Å². The highest BCUT2D eigenvalue weighted by Crippen LogP contribution is 2.52. The van der Waals surface area contributed by atoms with Gasteiger partial charge in [-0.3, -0.25) is 19.3 Å². The molecule has 154 valence electrons. The molecule has 2 aromatic rings. The highest BCUT2D eigenvalue weighted by Gasteiger charge is 2.59. The highest BCUT2D eigenvalue weighted by molar-refractivity contribution is 6.35. The normalized spacial score (nSPS) is 26.5. The van der Waals surface area contributed by atoms with E-state index in [-0.39, 0.29) is 42.0 Å². The molecule has 2 heterocycles. The molecule has 1 aliphatic heterocycles. The van der Waals surface area contributed by atoms with E-state index in [1.54, 1.807) is 35.1 Å². The summed E-state index contributed by atoms with van der Waals surface area (Å²) in [5, 5.41) is 7.99. The Kier molecular flexibility index (Phi) is 4.67. The third-order valence-corrected chi connectivity index (χ3v) is 6.77. The van der Waals surface area contributed by atoms with E-state index >= 15 is 0 Å². The average Bonchev–Trinajstić information content (AvgIpc) is 3.46. The van der Waals surface area contributed by atoms with Crippen LogP contribution in [-0.4, -0.2) is 38.9 Å². The maximum atomic E-state index is 12.7. The topological polar surface area (TPSA) is 84.3 Å². The van der Waals surface area contributed by atoms with E-state index in [0.717, 1.165) is 16.9 Å². The van der Waals surface area contributed by atoms with Gasteiger partial charge in [0.25, 0.3) is 0 Å². The van der Waals surface area contributed by atoms with Gasteiger partial charge in [0.2, 0.25) is 17.7 Å². The van der Waals surface area contributed by atoms with Gasteiger partial charge in [-0.2, -0.15) is 5.10 Å². The van der Waals surface area contributed by atoms with Crippen LogP contribution in [-0.2, 0) is 20.9 Å². The van der Waals surface area contributed by atoms with Crippen molar-refractivity contribution in [2.45, 2.75) is 13.0 Å². The molecule has 7 nitrogen and oxygen atoms in total. The molecule has 5 rings (SSSR count). The molecule has 0 radical (unpaired) electrons. The van der Waals surface area contributed by atoms with Gasteiger partial charge in [-0.15, -0.1) is 0 Å². The van der Waals surface area contributed by atoms with Crippen LogP contribution in [0.4, 0.5) is 5.82 Å². The number of halogens is 2. The summed E-state index contributed by atoms with van der Waals surface area (Å²) < 4.78 is 1.58. The minimum Gasteiger partial charge on any atom is -0.309 e. The van der Waals surface area contributed by atoms with Crippen molar-refractivity contribution in [2.24, 2.45) is 23.7 Å². The minimum absolute atomic E-state index is 0.120. The number of nitrogens with zero attached hydrogens (tertiary/aromatic N) is 3. The summed E-state index contributed by atoms with van der Waals surface area (Å²) in [7, 11) is 0. The van der Waals surface area contributed by atoms with Crippen molar-refractivity contribution in [1.82, 2.24) is 14.7 Å². The van der Waals surface area contributed by atoms with E-state index in [0.29, 0.717) is 22.4 Å². The van der Waals surface area contributed by atoms with Crippen LogP contribution < -0.4 is 5.32 Å². The first-order valence-corrected chi connectivity index (χ1v) is 10.5. The first-order valence-electron chi connectivity index (χ1n) is 9.71. The van der Waals surface area contributed by atoms with Crippen LogP contribution >= 0.6 is 23.2 Å². The van der Waals surface area contributed by atoms with Gasteiger partial charge < -0.3 is 5.32 Å². The Morgan fingerprint density at radius 1 is 1.10 bits per heavy atom. The molecule has 9 heteroatoms. The standard InChI is InChI=1S/C21H18Cl2N4O3/c22-14-4-3-13(15(23)8-14)9-27-16(5-6-24-27)25-17(28)10-26-20(29)18-11-1-2-12(7-11)19(18)21(26)30/h1-6,8,11-12,18-19H,7,9-10H2,(H,25,28). The zero-order chi connectivity index (χ0) is 21.0. The molecular weight excluding hydrogens is 427 g/mol. The molecule has 1 N–H and O–H groups in total. The second-order valence-corrected chi connectivity index (χ2v) is 8.76. The highest BCUT2D eigenvalue weighted by atomic mass is 35.5. The fourth-order valence-electron chi connectivity index (χ4n) is 4.82. The lowest BCUT2D eigenvalue weighted by atomic mass is 9.85. The summed E-state index contributed by atoms with van der Waals surface area (Å²) in [6.07, 6.45) is 6.47. The number of imide groups is 1. The van der Waals surface area contributed by atoms with Gasteiger partial charge in [-0.05, 0) is 36.0 Å². The quantitative estimate of drug-likeness (QED) is 0.567. The number of carbonyl (C=O) groups is 3. The largest absolute Gasteiger partial charge is 0.309 e. The Bertz CT molecular complexity index is 1070. The van der Waals surface area contributed by atoms with E-state index in [2.05, 4.69) is 10.4 Å². The molecule has 30 heavy (non-hydrogen) atoms. The molecule has 1 aromatic heterocycles. The van der Waals surface area contributed by atoms with Crippen LogP contribution in [0.25, 0.3) is 0 Å². The lowest BCUT2D eigenvalue weighted by molar-refractivity contribution is -0.143. The summed E-state index contributed by atoms with van der Waals surface area (Å²) in [5.41, 5.74) is 0.793. The number of rotatable bonds is 5. The monoisotopic (exact) mass is 444 g/mol. The Morgan fingerprint density at radius 3 is 2.47 bits per heavy atom. The van der Waals surface area contributed by atoms with Crippen molar-refractivity contribution in [2.75, 3.05) is 11.9 Å². The van der Waals surface area contributed by atoms with Gasteiger partial charge in [-0.1, -0.05) is 41.4 Å². The van der Waals surface area contributed by atoms with E-state index < -0.39 is 5.91 Å². The number of likely N-dealkylation sites (tertiary alicyclic amines) is 1. The van der Waals surface area contributed by atoms with Crippen molar-refractivity contribution in [3.63, 3.8) is 0 Å². The summed E-state index contributed by atoms with van der Waals surface area (Å²) in [4.78, 5) is 39.2. The SMILES string of the molecule is O=C(CN1C(=O)C2C3C=CC(C3)C2C1=O)Nc1ccnn1Cc1ccc(Cl)cc1Cl. The zero-order valence-electron chi connectivity index (χ0n) is 15.8. The lowest BCUT2D eigenvalue weighted by Crippen LogP contribution is -2.39. The molecular formula is C21H18Cl2N4O3. The summed E-state index contributed by atoms with van der Waals surface area (Å²) in [6.45, 7) is 0.0381. The lowest BCUT2D eigenvalue weighted by Gasteiger charge is -2.17. The second kappa shape index (κ2) is 7.25. The molecule has 2 aliphatic carbocycles. The number of carbonyl (C=O) groups excluding carboxylic acids is 3. The predicted molar refractivity (Wildman–Crippen MR) is 111 cm³/mol. The molecule has 3 amide bonds. The maximum absolute atomic E-state index is 12.7. The fraction of sp³-hybridized carbons (Fsp3) is 0.333. The van der Waals surface area contributed by atoms with E-state index in [1.807, 2.05) is 12.2 Å². The van der Waals surface area contributed by atoms with Crippen LogP contribution in [0.3, 0.4) is 0 Å². The van der Waals surface area contributed by atoms with Gasteiger partial charge in [-0.25, -0.2) is 4.68 Å². The van der Waals surface area contributed by atoms with Gasteiger partial charge in [0.1, 0.15) is 12.4 Å². The molecule has 0 spiro atoms. The number of hydrogen-bond donors (Lipinski definition) is 1. The van der Waals surface area contributed by atoms with Crippen molar-refractivity contribution in [3.8, 4) is 0 Å². The van der Waals surface area contributed by atoms with Crippen LogP contribution in [0.1, 0.15) is 12.0 Å². The number of fused-ring (bicyclic) bond motifs is 5. The van der Waals surface area contributed by atoms with Crippen LogP contribution in [0.5, 0.6) is 0 Å². The smallest absolute Gasteiger partial charge is 0.245 e. The van der Waals surface area contributed by atoms with Crippen molar-refractivity contribution < 1.29 is 14.4 Å².